The average molecular weight is 339 g/mol. The number of para-hydroxylation sites is 2. The van der Waals surface area contributed by atoms with Crippen molar-refractivity contribution in [2.24, 2.45) is 0 Å². The van der Waals surface area contributed by atoms with E-state index in [0.717, 1.165) is 0 Å². The maximum Gasteiger partial charge on any atom is 0.345 e. The van der Waals surface area contributed by atoms with Crippen molar-refractivity contribution in [1.29, 1.82) is 0 Å². The van der Waals surface area contributed by atoms with Crippen LogP contribution in [0.15, 0.2) is 59.7 Å². The molecule has 2 aromatic carbocycles. The number of rotatable bonds is 5. The number of ether oxygens (including phenoxy) is 1. The highest BCUT2D eigenvalue weighted by Gasteiger charge is 2.20. The van der Waals surface area contributed by atoms with Crippen LogP contribution in [0.1, 0.15) is 10.4 Å². The van der Waals surface area contributed by atoms with Crippen molar-refractivity contribution in [3.63, 3.8) is 0 Å². The molecule has 8 heteroatoms. The van der Waals surface area contributed by atoms with Crippen LogP contribution in [0.3, 0.4) is 0 Å². The van der Waals surface area contributed by atoms with E-state index in [9.17, 15) is 19.7 Å². The summed E-state index contributed by atoms with van der Waals surface area (Å²) in [6.45, 7) is -0.00610. The number of hydrogen-bond donors (Lipinski definition) is 0. The van der Waals surface area contributed by atoms with E-state index in [4.69, 9.17) is 4.74 Å². The first-order valence-electron chi connectivity index (χ1n) is 7.42. The van der Waals surface area contributed by atoms with Crippen LogP contribution in [-0.4, -0.2) is 27.1 Å². The highest BCUT2D eigenvalue weighted by molar-refractivity contribution is 5.93. The molecule has 0 unspecified atom stereocenters. The summed E-state index contributed by atoms with van der Waals surface area (Å²) in [6.07, 6.45) is 1.38. The SMILES string of the molecule is O=C(OCCn1cnc2ccccc2c1=O)c1ccccc1[N+](=O)[O-]. The van der Waals surface area contributed by atoms with Crippen LogP contribution in [0, 0.1) is 10.1 Å². The molecule has 1 aromatic heterocycles. The monoisotopic (exact) mass is 339 g/mol. The van der Waals surface area contributed by atoms with Gasteiger partial charge in [0.2, 0.25) is 0 Å². The fraction of sp³-hybridized carbons (Fsp3) is 0.118. The predicted octanol–water partition coefficient (Wildman–Crippen LogP) is 2.16. The molecule has 25 heavy (non-hydrogen) atoms. The molecule has 0 N–H and O–H groups in total. The van der Waals surface area contributed by atoms with Gasteiger partial charge in [-0.2, -0.15) is 0 Å². The first-order chi connectivity index (χ1) is 12.1. The van der Waals surface area contributed by atoms with E-state index < -0.39 is 10.9 Å². The second-order valence-corrected chi connectivity index (χ2v) is 5.17. The van der Waals surface area contributed by atoms with Crippen LogP contribution in [0.2, 0.25) is 0 Å². The maximum absolute atomic E-state index is 12.3. The largest absolute Gasteiger partial charge is 0.460 e. The second-order valence-electron chi connectivity index (χ2n) is 5.17. The molecule has 0 aliphatic heterocycles. The summed E-state index contributed by atoms with van der Waals surface area (Å²) in [5.41, 5.74) is -0.110. The highest BCUT2D eigenvalue weighted by Crippen LogP contribution is 2.18. The number of benzene rings is 2. The van der Waals surface area contributed by atoms with Crippen molar-refractivity contribution in [2.75, 3.05) is 6.61 Å². The number of fused-ring (bicyclic) bond motifs is 1. The van der Waals surface area contributed by atoms with Gasteiger partial charge in [-0.1, -0.05) is 24.3 Å². The van der Waals surface area contributed by atoms with Gasteiger partial charge in [-0.3, -0.25) is 19.5 Å². The molecule has 0 aliphatic rings. The normalized spacial score (nSPS) is 10.6. The molecule has 3 aromatic rings. The van der Waals surface area contributed by atoms with Crippen LogP contribution in [0.5, 0.6) is 0 Å². The van der Waals surface area contributed by atoms with Gasteiger partial charge >= 0.3 is 5.97 Å². The Morgan fingerprint density at radius 1 is 1.16 bits per heavy atom. The molecule has 126 valence electrons. The molecule has 0 atom stereocenters. The van der Waals surface area contributed by atoms with Crippen molar-refractivity contribution in [2.45, 2.75) is 6.54 Å². The lowest BCUT2D eigenvalue weighted by atomic mass is 10.2. The molecule has 0 saturated carbocycles. The van der Waals surface area contributed by atoms with Crippen LogP contribution in [0.4, 0.5) is 5.69 Å². The zero-order valence-corrected chi connectivity index (χ0v) is 13.0. The zero-order chi connectivity index (χ0) is 17.8. The van der Waals surface area contributed by atoms with Gasteiger partial charge in [0.15, 0.2) is 0 Å². The molecule has 0 amide bonds. The molecule has 8 nitrogen and oxygen atoms in total. The Morgan fingerprint density at radius 3 is 2.68 bits per heavy atom. The minimum absolute atomic E-state index is 0.100. The van der Waals surface area contributed by atoms with Crippen molar-refractivity contribution < 1.29 is 14.5 Å². The van der Waals surface area contributed by atoms with E-state index in [0.29, 0.717) is 10.9 Å². The standard InChI is InChI=1S/C17H13N3O5/c21-16-12-5-1-3-7-14(12)18-11-19(16)9-10-25-17(22)13-6-2-4-8-15(13)20(23)24/h1-8,11H,9-10H2. The summed E-state index contributed by atoms with van der Waals surface area (Å²) in [5.74, 6) is -0.811. The van der Waals surface area contributed by atoms with Crippen molar-refractivity contribution >= 4 is 22.6 Å². The van der Waals surface area contributed by atoms with Crippen LogP contribution in [0.25, 0.3) is 10.9 Å². The zero-order valence-electron chi connectivity index (χ0n) is 13.0. The summed E-state index contributed by atoms with van der Waals surface area (Å²) in [7, 11) is 0. The fourth-order valence-corrected chi connectivity index (χ4v) is 2.39. The van der Waals surface area contributed by atoms with E-state index in [1.54, 1.807) is 24.3 Å². The Hall–Kier alpha value is -3.55. The van der Waals surface area contributed by atoms with E-state index in [1.807, 2.05) is 0 Å². The smallest absolute Gasteiger partial charge is 0.345 e. The van der Waals surface area contributed by atoms with Crippen LogP contribution >= 0.6 is 0 Å². The minimum Gasteiger partial charge on any atom is -0.460 e. The highest BCUT2D eigenvalue weighted by atomic mass is 16.6. The molecule has 0 saturated heterocycles. The van der Waals surface area contributed by atoms with Crippen molar-refractivity contribution in [3.8, 4) is 0 Å². The summed E-state index contributed by atoms with van der Waals surface area (Å²) in [6, 6.07) is 12.5. The van der Waals surface area contributed by atoms with Crippen LogP contribution in [-0.2, 0) is 11.3 Å². The van der Waals surface area contributed by atoms with Gasteiger partial charge in [-0.25, -0.2) is 9.78 Å². The number of esters is 1. The molecular weight excluding hydrogens is 326 g/mol. The van der Waals surface area contributed by atoms with Gasteiger partial charge in [0, 0.05) is 6.07 Å². The van der Waals surface area contributed by atoms with E-state index in [-0.39, 0.29) is 30.0 Å². The average Bonchev–Trinajstić information content (AvgIpc) is 2.63. The first kappa shape index (κ1) is 16.3. The number of nitro benzene ring substituents is 1. The third kappa shape index (κ3) is 3.37. The Balaban J connectivity index is 1.71. The van der Waals surface area contributed by atoms with Gasteiger partial charge < -0.3 is 4.74 Å². The number of aromatic nitrogens is 2. The third-order valence-corrected chi connectivity index (χ3v) is 3.62. The van der Waals surface area contributed by atoms with Crippen molar-refractivity contribution in [1.82, 2.24) is 9.55 Å². The Bertz CT molecular complexity index is 1010. The van der Waals surface area contributed by atoms with Gasteiger partial charge in [0.1, 0.15) is 12.2 Å². The molecular formula is C17H13N3O5. The summed E-state index contributed by atoms with van der Waals surface area (Å²) in [4.78, 5) is 38.8. The summed E-state index contributed by atoms with van der Waals surface area (Å²) >= 11 is 0. The quantitative estimate of drug-likeness (QED) is 0.401. The maximum atomic E-state index is 12.3. The fourth-order valence-electron chi connectivity index (χ4n) is 2.39. The lowest BCUT2D eigenvalue weighted by Gasteiger charge is -2.08. The van der Waals surface area contributed by atoms with Gasteiger partial charge in [0.05, 0.1) is 28.7 Å². The molecule has 0 bridgehead atoms. The van der Waals surface area contributed by atoms with Crippen molar-refractivity contribution in [3.05, 3.63) is 80.9 Å². The predicted molar refractivity (Wildman–Crippen MR) is 89.4 cm³/mol. The molecule has 0 fully saturated rings. The molecule has 1 heterocycles. The van der Waals surface area contributed by atoms with Crippen LogP contribution < -0.4 is 5.56 Å². The van der Waals surface area contributed by atoms with E-state index in [1.165, 1.54) is 35.2 Å². The number of nitro groups is 1. The lowest BCUT2D eigenvalue weighted by Crippen LogP contribution is -2.23. The Kier molecular flexibility index (Phi) is 4.51. The first-order valence-corrected chi connectivity index (χ1v) is 7.42. The molecule has 3 rings (SSSR count). The molecule has 0 radical (unpaired) electrons. The van der Waals surface area contributed by atoms with E-state index in [2.05, 4.69) is 4.98 Å². The van der Waals surface area contributed by atoms with E-state index >= 15 is 0 Å². The molecule has 0 spiro atoms. The summed E-state index contributed by atoms with van der Waals surface area (Å²) in [5, 5.41) is 11.4. The second kappa shape index (κ2) is 6.91. The summed E-state index contributed by atoms with van der Waals surface area (Å²) < 4.78 is 6.39. The van der Waals surface area contributed by atoms with Gasteiger partial charge in [0.25, 0.3) is 11.2 Å². The Labute approximate surface area is 141 Å². The lowest BCUT2D eigenvalue weighted by molar-refractivity contribution is -0.385. The third-order valence-electron chi connectivity index (χ3n) is 3.62. The Morgan fingerprint density at radius 2 is 1.88 bits per heavy atom. The van der Waals surface area contributed by atoms with Gasteiger partial charge in [-0.05, 0) is 18.2 Å². The molecule has 0 aliphatic carbocycles. The number of carbonyl (C=O) groups is 1. The minimum atomic E-state index is -0.811. The number of hydrogen-bond acceptors (Lipinski definition) is 6. The topological polar surface area (TPSA) is 104 Å². The number of nitrogens with zero attached hydrogens (tertiary/aromatic N) is 3. The van der Waals surface area contributed by atoms with Gasteiger partial charge in [-0.15, -0.1) is 0 Å². The number of carbonyl (C=O) groups excluding carboxylic acids is 1.